The molecule has 1 N–H and O–H groups in total. The number of morpholine rings is 1. The highest BCUT2D eigenvalue weighted by molar-refractivity contribution is 7.09. The van der Waals surface area contributed by atoms with Crippen LogP contribution in [0.5, 0.6) is 0 Å². The molecular weight excluding hydrogens is 348 g/mol. The molecule has 2 aliphatic heterocycles. The van der Waals surface area contributed by atoms with Crippen molar-refractivity contribution in [3.63, 3.8) is 0 Å². The van der Waals surface area contributed by atoms with Crippen LogP contribution in [0.3, 0.4) is 0 Å². The normalized spacial score (nSPS) is 21.7. The van der Waals surface area contributed by atoms with Crippen LogP contribution in [0.4, 0.5) is 0 Å². The second-order valence-corrected chi connectivity index (χ2v) is 8.09. The third-order valence-corrected chi connectivity index (χ3v) is 6.12. The first kappa shape index (κ1) is 18.0. The summed E-state index contributed by atoms with van der Waals surface area (Å²) in [6, 6.07) is 6.02. The Morgan fingerprint density at radius 1 is 1.08 bits per heavy atom. The molecule has 0 spiro atoms. The SMILES string of the molecule is OC1(c2csc(CN3CCOCC3)n2)CCN(Cc2ccccn2)CC1. The third kappa shape index (κ3) is 4.29. The Morgan fingerprint density at radius 3 is 2.58 bits per heavy atom. The minimum Gasteiger partial charge on any atom is -0.383 e. The van der Waals surface area contributed by atoms with Gasteiger partial charge in [0.1, 0.15) is 10.6 Å². The van der Waals surface area contributed by atoms with Crippen molar-refractivity contribution in [1.29, 1.82) is 0 Å². The van der Waals surface area contributed by atoms with Crippen molar-refractivity contribution >= 4 is 11.3 Å². The van der Waals surface area contributed by atoms with Gasteiger partial charge in [-0.05, 0) is 25.0 Å². The zero-order valence-corrected chi connectivity index (χ0v) is 15.8. The molecule has 0 radical (unpaired) electrons. The van der Waals surface area contributed by atoms with Crippen molar-refractivity contribution in [3.8, 4) is 0 Å². The van der Waals surface area contributed by atoms with Gasteiger partial charge in [-0.15, -0.1) is 11.3 Å². The van der Waals surface area contributed by atoms with E-state index in [-0.39, 0.29) is 0 Å². The van der Waals surface area contributed by atoms with E-state index in [1.165, 1.54) is 0 Å². The molecule has 2 fully saturated rings. The van der Waals surface area contributed by atoms with Crippen molar-refractivity contribution in [2.75, 3.05) is 39.4 Å². The molecule has 2 aliphatic rings. The summed E-state index contributed by atoms with van der Waals surface area (Å²) < 4.78 is 5.40. The minimum atomic E-state index is -0.791. The molecule has 0 atom stereocenters. The fraction of sp³-hybridized carbons (Fsp3) is 0.579. The minimum absolute atomic E-state index is 0.723. The maximum absolute atomic E-state index is 11.1. The fourth-order valence-electron chi connectivity index (χ4n) is 3.61. The van der Waals surface area contributed by atoms with Crippen molar-refractivity contribution in [2.45, 2.75) is 31.5 Å². The summed E-state index contributed by atoms with van der Waals surface area (Å²) in [4.78, 5) is 13.9. The highest BCUT2D eigenvalue weighted by Crippen LogP contribution is 2.34. The van der Waals surface area contributed by atoms with Crippen molar-refractivity contribution in [3.05, 3.63) is 46.2 Å². The largest absolute Gasteiger partial charge is 0.383 e. The van der Waals surface area contributed by atoms with Crippen molar-refractivity contribution in [1.82, 2.24) is 19.8 Å². The average molecular weight is 375 g/mol. The van der Waals surface area contributed by atoms with Crippen LogP contribution in [0.2, 0.25) is 0 Å². The van der Waals surface area contributed by atoms with Crippen LogP contribution in [0.25, 0.3) is 0 Å². The molecule has 0 saturated carbocycles. The predicted octanol–water partition coefficient (Wildman–Crippen LogP) is 1.85. The van der Waals surface area contributed by atoms with Crippen LogP contribution < -0.4 is 0 Å². The van der Waals surface area contributed by atoms with Gasteiger partial charge in [-0.3, -0.25) is 14.8 Å². The van der Waals surface area contributed by atoms with E-state index in [4.69, 9.17) is 9.72 Å². The lowest BCUT2D eigenvalue weighted by Gasteiger charge is -2.37. The van der Waals surface area contributed by atoms with Crippen LogP contribution in [0, 0.1) is 0 Å². The van der Waals surface area contributed by atoms with Gasteiger partial charge in [-0.25, -0.2) is 4.98 Å². The zero-order chi connectivity index (χ0) is 17.8. The summed E-state index contributed by atoms with van der Waals surface area (Å²) in [5.74, 6) is 0. The maximum atomic E-state index is 11.1. The molecule has 6 nitrogen and oxygen atoms in total. The lowest BCUT2D eigenvalue weighted by atomic mass is 9.89. The molecule has 26 heavy (non-hydrogen) atoms. The number of aromatic nitrogens is 2. The lowest BCUT2D eigenvalue weighted by molar-refractivity contribution is -0.0311. The third-order valence-electron chi connectivity index (χ3n) is 5.29. The monoisotopic (exact) mass is 374 g/mol. The van der Waals surface area contributed by atoms with Gasteiger partial charge in [0.25, 0.3) is 0 Å². The number of thiazole rings is 1. The van der Waals surface area contributed by atoms with Gasteiger partial charge in [-0.1, -0.05) is 6.07 Å². The van der Waals surface area contributed by atoms with E-state index < -0.39 is 5.60 Å². The molecule has 140 valence electrons. The van der Waals surface area contributed by atoms with Crippen LogP contribution in [0.15, 0.2) is 29.8 Å². The second kappa shape index (κ2) is 8.10. The molecule has 4 heterocycles. The molecule has 0 unspecified atom stereocenters. The van der Waals surface area contributed by atoms with Crippen LogP contribution in [-0.2, 0) is 23.4 Å². The maximum Gasteiger partial charge on any atom is 0.110 e. The van der Waals surface area contributed by atoms with E-state index in [1.54, 1.807) is 11.3 Å². The van der Waals surface area contributed by atoms with Gasteiger partial charge in [0.05, 0.1) is 31.1 Å². The number of piperidine rings is 1. The van der Waals surface area contributed by atoms with Gasteiger partial charge < -0.3 is 9.84 Å². The molecule has 0 aromatic carbocycles. The van der Waals surface area contributed by atoms with E-state index in [0.29, 0.717) is 0 Å². The number of hydrogen-bond donors (Lipinski definition) is 1. The lowest BCUT2D eigenvalue weighted by Crippen LogP contribution is -2.42. The molecular formula is C19H26N4O2S. The van der Waals surface area contributed by atoms with E-state index >= 15 is 0 Å². The Morgan fingerprint density at radius 2 is 1.85 bits per heavy atom. The first-order valence-corrected chi connectivity index (χ1v) is 10.2. The number of hydrogen-bond acceptors (Lipinski definition) is 7. The molecule has 2 aromatic heterocycles. The van der Waals surface area contributed by atoms with Gasteiger partial charge in [0, 0.05) is 44.3 Å². The summed E-state index contributed by atoms with van der Waals surface area (Å²) in [6.07, 6.45) is 3.28. The highest BCUT2D eigenvalue weighted by atomic mass is 32.1. The molecule has 0 aliphatic carbocycles. The summed E-state index contributed by atoms with van der Waals surface area (Å²) in [5, 5.41) is 14.2. The van der Waals surface area contributed by atoms with Crippen molar-refractivity contribution < 1.29 is 9.84 Å². The van der Waals surface area contributed by atoms with E-state index in [0.717, 1.165) is 81.7 Å². The molecule has 0 bridgehead atoms. The van der Waals surface area contributed by atoms with Crippen LogP contribution in [0.1, 0.15) is 29.2 Å². The number of rotatable bonds is 5. The Kier molecular flexibility index (Phi) is 5.61. The van der Waals surface area contributed by atoms with Crippen LogP contribution >= 0.6 is 11.3 Å². The Bertz CT molecular complexity index is 695. The van der Waals surface area contributed by atoms with E-state index in [2.05, 4.69) is 20.9 Å². The Balaban J connectivity index is 1.33. The average Bonchev–Trinajstić information content (AvgIpc) is 3.15. The van der Waals surface area contributed by atoms with Gasteiger partial charge >= 0.3 is 0 Å². The molecule has 2 aromatic rings. The van der Waals surface area contributed by atoms with Gasteiger partial charge in [-0.2, -0.15) is 0 Å². The summed E-state index contributed by atoms with van der Waals surface area (Å²) in [6.45, 7) is 6.95. The van der Waals surface area contributed by atoms with E-state index in [9.17, 15) is 5.11 Å². The van der Waals surface area contributed by atoms with Gasteiger partial charge in [0.15, 0.2) is 0 Å². The Hall–Kier alpha value is -1.38. The quantitative estimate of drug-likeness (QED) is 0.862. The molecule has 0 amide bonds. The van der Waals surface area contributed by atoms with Gasteiger partial charge in [0.2, 0.25) is 0 Å². The number of likely N-dealkylation sites (tertiary alicyclic amines) is 1. The molecule has 2 saturated heterocycles. The number of pyridine rings is 1. The number of ether oxygens (including phenoxy) is 1. The Labute approximate surface area is 158 Å². The first-order valence-electron chi connectivity index (χ1n) is 9.31. The molecule has 7 heteroatoms. The smallest absolute Gasteiger partial charge is 0.110 e. The number of aliphatic hydroxyl groups is 1. The van der Waals surface area contributed by atoms with E-state index in [1.807, 2.05) is 23.7 Å². The summed E-state index contributed by atoms with van der Waals surface area (Å²) >= 11 is 1.66. The summed E-state index contributed by atoms with van der Waals surface area (Å²) in [5.41, 5.74) is 1.14. The van der Waals surface area contributed by atoms with Crippen LogP contribution in [-0.4, -0.2) is 64.3 Å². The standard InChI is InChI=1S/C19H26N4O2S/c24-19(4-7-22(8-5-19)13-16-3-1-2-6-20-16)17-15-26-18(21-17)14-23-9-11-25-12-10-23/h1-3,6,15,24H,4-5,7-14H2. The highest BCUT2D eigenvalue weighted by Gasteiger charge is 2.36. The molecule has 4 rings (SSSR count). The van der Waals surface area contributed by atoms with Crippen molar-refractivity contribution in [2.24, 2.45) is 0 Å². The topological polar surface area (TPSA) is 61.7 Å². The first-order chi connectivity index (χ1) is 12.7. The predicted molar refractivity (Wildman–Crippen MR) is 101 cm³/mol. The fourth-order valence-corrected chi connectivity index (χ4v) is 4.53. The zero-order valence-electron chi connectivity index (χ0n) is 15.0. The number of nitrogens with zero attached hydrogens (tertiary/aromatic N) is 4. The summed E-state index contributed by atoms with van der Waals surface area (Å²) in [7, 11) is 0. The second-order valence-electron chi connectivity index (χ2n) is 7.14.